The number of rotatable bonds is 11. The number of nitrogens with zero attached hydrogens (tertiary/aromatic N) is 4. The topological polar surface area (TPSA) is 147 Å². The number of aliphatic carboxylic acids is 2. The third kappa shape index (κ3) is 7.28. The highest BCUT2D eigenvalue weighted by Crippen LogP contribution is 2.32. The molecule has 16 heteroatoms. The van der Waals surface area contributed by atoms with Gasteiger partial charge in [-0.2, -0.15) is 5.10 Å². The van der Waals surface area contributed by atoms with Crippen molar-refractivity contribution in [3.05, 3.63) is 62.0 Å². The molecular formula is C23H16Cl2FN5O5S3. The fraction of sp³-hybridized carbons (Fsp3) is 0.174. The fourth-order valence-corrected chi connectivity index (χ4v) is 6.21. The summed E-state index contributed by atoms with van der Waals surface area (Å²) < 4.78 is 16.2. The average Bonchev–Trinajstić information content (AvgIpc) is 3.20. The third-order valence-electron chi connectivity index (χ3n) is 5.16. The minimum atomic E-state index is -1.29. The van der Waals surface area contributed by atoms with Crippen LogP contribution in [0.3, 0.4) is 0 Å². The van der Waals surface area contributed by atoms with Crippen molar-refractivity contribution < 1.29 is 29.0 Å². The maximum Gasteiger partial charge on any atom is 0.317 e. The van der Waals surface area contributed by atoms with Crippen LogP contribution in [0.25, 0.3) is 10.9 Å². The van der Waals surface area contributed by atoms with Crippen molar-refractivity contribution in [2.45, 2.75) is 29.0 Å². The van der Waals surface area contributed by atoms with Gasteiger partial charge in [-0.3, -0.25) is 14.4 Å². The molecule has 0 fully saturated rings. The van der Waals surface area contributed by atoms with E-state index >= 15 is 0 Å². The number of halogens is 3. The maximum absolute atomic E-state index is 14.4. The predicted octanol–water partition coefficient (Wildman–Crippen LogP) is 5.64. The highest BCUT2D eigenvalue weighted by atomic mass is 35.5. The molecule has 0 radical (unpaired) electrons. The molecule has 0 spiro atoms. The molecule has 2 aromatic carbocycles. The highest BCUT2D eigenvalue weighted by Gasteiger charge is 2.24. The third-order valence-corrected chi connectivity index (χ3v) is 8.46. The van der Waals surface area contributed by atoms with Gasteiger partial charge in [0.15, 0.2) is 14.1 Å². The number of Topliss-reactive ketones (excluding diaryl/α,β-unsaturated/α-hetero) is 1. The molecule has 2 aromatic heterocycles. The van der Waals surface area contributed by atoms with Crippen LogP contribution < -0.4 is 5.32 Å². The van der Waals surface area contributed by atoms with E-state index in [0.717, 1.165) is 29.2 Å². The lowest BCUT2D eigenvalue weighted by Crippen LogP contribution is -2.20. The van der Waals surface area contributed by atoms with Gasteiger partial charge >= 0.3 is 11.9 Å². The number of aromatic nitrogens is 4. The summed E-state index contributed by atoms with van der Waals surface area (Å²) in [6.45, 7) is -0.171. The Balaban J connectivity index is 1.50. The second kappa shape index (κ2) is 12.3. The van der Waals surface area contributed by atoms with E-state index < -0.39 is 29.4 Å². The minimum Gasteiger partial charge on any atom is -0.481 e. The molecule has 0 aliphatic heterocycles. The number of benzene rings is 2. The number of carbonyl (C=O) groups excluding carboxylic acids is 1. The van der Waals surface area contributed by atoms with Crippen LogP contribution in [-0.2, 0) is 27.3 Å². The van der Waals surface area contributed by atoms with Crippen LogP contribution in [0.15, 0.2) is 41.0 Å². The number of fused-ring (bicyclic) bond motifs is 1. The summed E-state index contributed by atoms with van der Waals surface area (Å²) in [5.74, 6) is -3.12. The predicted molar refractivity (Wildman–Crippen MR) is 148 cm³/mol. The molecule has 0 aliphatic rings. The lowest BCUT2D eigenvalue weighted by atomic mass is 10.1. The van der Waals surface area contributed by atoms with Crippen LogP contribution in [0.5, 0.6) is 0 Å². The Morgan fingerprint density at radius 3 is 2.62 bits per heavy atom. The van der Waals surface area contributed by atoms with Crippen LogP contribution in [0, 0.1) is 9.77 Å². The zero-order chi connectivity index (χ0) is 28.3. The number of hydrogen-bond acceptors (Lipinski definition) is 10. The van der Waals surface area contributed by atoms with Gasteiger partial charge in [0, 0.05) is 11.8 Å². The normalized spacial score (nSPS) is 11.9. The summed E-state index contributed by atoms with van der Waals surface area (Å²) in [7, 11) is 0. The molecule has 4 rings (SSSR count). The molecule has 39 heavy (non-hydrogen) atoms. The number of carboxylic acid groups (broad SMARTS) is 2. The van der Waals surface area contributed by atoms with E-state index in [1.807, 2.05) is 0 Å². The number of thioether (sulfide) groups is 1. The molecule has 2 heterocycles. The van der Waals surface area contributed by atoms with Crippen LogP contribution >= 0.6 is 58.5 Å². The Bertz CT molecular complexity index is 1670. The van der Waals surface area contributed by atoms with E-state index in [2.05, 4.69) is 20.4 Å². The summed E-state index contributed by atoms with van der Waals surface area (Å²) >= 11 is 18.9. The van der Waals surface area contributed by atoms with Gasteiger partial charge in [0.2, 0.25) is 0 Å². The summed E-state index contributed by atoms with van der Waals surface area (Å²) in [4.78, 5) is 43.5. The molecule has 4 aromatic rings. The minimum absolute atomic E-state index is 0.00392. The number of hydrogen-bond donors (Lipinski definition) is 3. The summed E-state index contributed by atoms with van der Waals surface area (Å²) in [6, 6.07) is 7.55. The molecule has 0 amide bonds. The quantitative estimate of drug-likeness (QED) is 0.108. The van der Waals surface area contributed by atoms with E-state index in [0.29, 0.717) is 22.3 Å². The Labute approximate surface area is 242 Å². The van der Waals surface area contributed by atoms with Crippen LogP contribution in [-0.4, -0.2) is 52.9 Å². The molecule has 3 N–H and O–H groups in total. The molecule has 0 saturated heterocycles. The molecule has 0 aliphatic carbocycles. The Hall–Kier alpha value is -3.17. The fourth-order valence-electron chi connectivity index (χ4n) is 3.40. The molecule has 1 atom stereocenters. The van der Waals surface area contributed by atoms with Crippen molar-refractivity contribution in [3.63, 3.8) is 0 Å². The van der Waals surface area contributed by atoms with Gasteiger partial charge in [-0.15, -0.1) is 0 Å². The molecule has 10 nitrogen and oxygen atoms in total. The zero-order valence-electron chi connectivity index (χ0n) is 19.4. The maximum atomic E-state index is 14.4. The SMILES string of the molecule is O=C(O)CC(Sc1nn(CC(=O)Cc2ccc3ncnc(Nc4cc(Cl)c(Cl)cc4F)c3c2)c(=S)s1)C(=O)O. The van der Waals surface area contributed by atoms with Crippen LogP contribution in [0.4, 0.5) is 15.9 Å². The van der Waals surface area contributed by atoms with Crippen molar-refractivity contribution in [2.24, 2.45) is 0 Å². The molecular weight excluding hydrogens is 612 g/mol. The summed E-state index contributed by atoms with van der Waals surface area (Å²) in [5.41, 5.74) is 1.25. The number of anilines is 2. The van der Waals surface area contributed by atoms with E-state index in [1.54, 1.807) is 18.2 Å². The number of carbonyl (C=O) groups is 3. The van der Waals surface area contributed by atoms with Crippen LogP contribution in [0.1, 0.15) is 12.0 Å². The highest BCUT2D eigenvalue weighted by molar-refractivity contribution is 8.02. The molecule has 202 valence electrons. The standard InChI is InChI=1S/C23H16Cl2FN5O5S3/c24-13-5-15(26)17(6-14(13)25)29-20-12-4-10(1-2-16(12)27-9-28-20)3-11(32)8-31-23(37)39-22(30-31)38-18(21(35)36)7-19(33)34/h1-2,4-6,9,18H,3,7-8H2,(H,33,34)(H,35,36)(H,27,28,29). The largest absolute Gasteiger partial charge is 0.481 e. The second-order valence-electron chi connectivity index (χ2n) is 7.99. The van der Waals surface area contributed by atoms with Crippen molar-refractivity contribution in [2.75, 3.05) is 5.32 Å². The van der Waals surface area contributed by atoms with Gasteiger partial charge in [0.05, 0.1) is 27.7 Å². The van der Waals surface area contributed by atoms with E-state index in [1.165, 1.54) is 17.1 Å². The smallest absolute Gasteiger partial charge is 0.317 e. The number of ketones is 1. The number of nitrogens with one attached hydrogen (secondary N) is 1. The van der Waals surface area contributed by atoms with Gasteiger partial charge in [0.1, 0.15) is 29.8 Å². The van der Waals surface area contributed by atoms with Crippen LogP contribution in [0.2, 0.25) is 10.0 Å². The number of carboxylic acids is 2. The second-order valence-corrected chi connectivity index (χ2v) is 11.9. The average molecular weight is 629 g/mol. The summed E-state index contributed by atoms with van der Waals surface area (Å²) in [6.07, 6.45) is 0.728. The first kappa shape index (κ1) is 28.8. The monoisotopic (exact) mass is 627 g/mol. The molecule has 1 unspecified atom stereocenters. The first-order chi connectivity index (χ1) is 18.5. The van der Waals surface area contributed by atoms with Gasteiger partial charge in [-0.25, -0.2) is 19.0 Å². The summed E-state index contributed by atoms with van der Waals surface area (Å²) in [5, 5.41) is 24.8. The van der Waals surface area contributed by atoms with Crippen molar-refractivity contribution in [1.29, 1.82) is 0 Å². The molecule has 0 bridgehead atoms. The zero-order valence-corrected chi connectivity index (χ0v) is 23.4. The first-order valence-electron chi connectivity index (χ1n) is 10.9. The molecule has 0 saturated carbocycles. The van der Waals surface area contributed by atoms with Gasteiger partial charge in [-0.1, -0.05) is 52.4 Å². The van der Waals surface area contributed by atoms with E-state index in [9.17, 15) is 23.9 Å². The van der Waals surface area contributed by atoms with Gasteiger partial charge in [0.25, 0.3) is 0 Å². The van der Waals surface area contributed by atoms with E-state index in [4.69, 9.17) is 40.5 Å². The van der Waals surface area contributed by atoms with E-state index in [-0.39, 0.29) is 42.8 Å². The lowest BCUT2D eigenvalue weighted by Gasteiger charge is -2.11. The first-order valence-corrected chi connectivity index (χ1v) is 13.7. The van der Waals surface area contributed by atoms with Crippen molar-refractivity contribution in [1.82, 2.24) is 19.7 Å². The van der Waals surface area contributed by atoms with Gasteiger partial charge < -0.3 is 15.5 Å². The Morgan fingerprint density at radius 2 is 1.90 bits per heavy atom. The van der Waals surface area contributed by atoms with Crippen molar-refractivity contribution >= 4 is 98.6 Å². The van der Waals surface area contributed by atoms with Crippen molar-refractivity contribution in [3.8, 4) is 0 Å². The Morgan fingerprint density at radius 1 is 1.15 bits per heavy atom. The van der Waals surface area contributed by atoms with Gasteiger partial charge in [-0.05, 0) is 42.0 Å². The Kier molecular flexibility index (Phi) is 9.12. The lowest BCUT2D eigenvalue weighted by molar-refractivity contribution is -0.142.